The fraction of sp³-hybridized carbons (Fsp3) is 0.278. The maximum atomic E-state index is 5.29. The van der Waals surface area contributed by atoms with Crippen LogP contribution in [0.2, 0.25) is 0 Å². The summed E-state index contributed by atoms with van der Waals surface area (Å²) in [5.74, 6) is 1.95. The van der Waals surface area contributed by atoms with Crippen LogP contribution in [-0.4, -0.2) is 15.2 Å². The van der Waals surface area contributed by atoms with Crippen LogP contribution in [0.25, 0.3) is 0 Å². The second kappa shape index (κ2) is 7.59. The van der Waals surface area contributed by atoms with Crippen molar-refractivity contribution in [3.8, 4) is 0 Å². The fourth-order valence-electron chi connectivity index (χ4n) is 2.55. The molecule has 0 aliphatic carbocycles. The highest BCUT2D eigenvalue weighted by Crippen LogP contribution is 2.25. The van der Waals surface area contributed by atoms with Gasteiger partial charge in [0, 0.05) is 5.69 Å². The van der Waals surface area contributed by atoms with Crippen LogP contribution in [0.15, 0.2) is 47.2 Å². The number of anilines is 3. The minimum Gasteiger partial charge on any atom is -0.467 e. The van der Waals surface area contributed by atoms with Crippen molar-refractivity contribution < 1.29 is 4.42 Å². The van der Waals surface area contributed by atoms with Crippen molar-refractivity contribution in [3.63, 3.8) is 0 Å². The molecule has 0 aliphatic rings. The Bertz CT molecular complexity index is 764. The number of para-hydroxylation sites is 1. The Hall–Kier alpha value is -2.89. The summed E-state index contributed by atoms with van der Waals surface area (Å²) in [6.45, 7) is 4.81. The highest BCUT2D eigenvalue weighted by Gasteiger charge is 2.08. The fourth-order valence-corrected chi connectivity index (χ4v) is 2.55. The summed E-state index contributed by atoms with van der Waals surface area (Å²) in [5.41, 5.74) is 3.64. The molecule has 2 N–H and O–H groups in total. The molecule has 0 saturated heterocycles. The van der Waals surface area contributed by atoms with Gasteiger partial charge in [-0.05, 0) is 36.1 Å². The molecule has 0 saturated carbocycles. The van der Waals surface area contributed by atoms with E-state index in [0.29, 0.717) is 18.3 Å². The zero-order valence-corrected chi connectivity index (χ0v) is 13.9. The minimum atomic E-state index is 0.462. The summed E-state index contributed by atoms with van der Waals surface area (Å²) in [7, 11) is 0. The highest BCUT2D eigenvalue weighted by atomic mass is 16.3. The Morgan fingerprint density at radius 3 is 2.50 bits per heavy atom. The summed E-state index contributed by atoms with van der Waals surface area (Å²) in [6.07, 6.45) is 5.18. The van der Waals surface area contributed by atoms with Gasteiger partial charge in [0.15, 0.2) is 5.82 Å². The highest BCUT2D eigenvalue weighted by molar-refractivity contribution is 5.65. The zero-order chi connectivity index (χ0) is 16.8. The van der Waals surface area contributed by atoms with Crippen molar-refractivity contribution >= 4 is 17.5 Å². The molecular formula is C18H21N5O. The van der Waals surface area contributed by atoms with Gasteiger partial charge in [-0.2, -0.15) is 10.1 Å². The Labute approximate surface area is 141 Å². The van der Waals surface area contributed by atoms with Crippen molar-refractivity contribution in [2.45, 2.75) is 33.2 Å². The molecule has 2 heterocycles. The lowest BCUT2D eigenvalue weighted by Crippen LogP contribution is -2.07. The Balaban J connectivity index is 1.77. The number of benzene rings is 1. The molecule has 1 aromatic carbocycles. The summed E-state index contributed by atoms with van der Waals surface area (Å²) in [5, 5.41) is 14.5. The van der Waals surface area contributed by atoms with E-state index >= 15 is 0 Å². The first kappa shape index (κ1) is 16.0. The molecule has 0 radical (unpaired) electrons. The maximum absolute atomic E-state index is 5.29. The number of rotatable bonds is 7. The number of nitrogens with one attached hydrogen (secondary N) is 2. The van der Waals surface area contributed by atoms with E-state index in [4.69, 9.17) is 4.42 Å². The van der Waals surface area contributed by atoms with Gasteiger partial charge >= 0.3 is 0 Å². The quantitative estimate of drug-likeness (QED) is 0.686. The first-order valence-corrected chi connectivity index (χ1v) is 8.14. The third-order valence-corrected chi connectivity index (χ3v) is 3.81. The lowest BCUT2D eigenvalue weighted by molar-refractivity contribution is 0.517. The van der Waals surface area contributed by atoms with E-state index in [9.17, 15) is 0 Å². The summed E-state index contributed by atoms with van der Waals surface area (Å²) < 4.78 is 5.29. The molecule has 0 amide bonds. The SMILES string of the molecule is CCc1cccc(CC)c1Nc1cnnc(NCc2ccco2)n1. The lowest BCUT2D eigenvalue weighted by Gasteiger charge is -2.14. The smallest absolute Gasteiger partial charge is 0.245 e. The molecule has 0 aliphatic heterocycles. The average Bonchev–Trinajstić information content (AvgIpc) is 3.14. The number of hydrogen-bond acceptors (Lipinski definition) is 6. The van der Waals surface area contributed by atoms with Crippen molar-refractivity contribution in [1.82, 2.24) is 15.2 Å². The second-order valence-electron chi connectivity index (χ2n) is 5.38. The van der Waals surface area contributed by atoms with Crippen LogP contribution in [0, 0.1) is 0 Å². The van der Waals surface area contributed by atoms with E-state index in [1.165, 1.54) is 11.1 Å². The monoisotopic (exact) mass is 323 g/mol. The van der Waals surface area contributed by atoms with E-state index in [0.717, 1.165) is 24.3 Å². The van der Waals surface area contributed by atoms with Gasteiger partial charge in [0.1, 0.15) is 5.76 Å². The normalized spacial score (nSPS) is 10.6. The topological polar surface area (TPSA) is 75.9 Å². The standard InChI is InChI=1S/C18H21N5O/c1-3-13-7-5-8-14(4-2)17(13)21-16-12-20-23-18(22-16)19-11-15-9-6-10-24-15/h5-10,12H,3-4,11H2,1-2H3,(H2,19,21,22,23). The molecule has 6 heteroatoms. The van der Waals surface area contributed by atoms with Gasteiger partial charge in [0.05, 0.1) is 19.0 Å². The first-order valence-electron chi connectivity index (χ1n) is 8.14. The zero-order valence-electron chi connectivity index (χ0n) is 13.9. The van der Waals surface area contributed by atoms with Gasteiger partial charge in [-0.15, -0.1) is 5.10 Å². The largest absolute Gasteiger partial charge is 0.467 e. The van der Waals surface area contributed by atoms with E-state index < -0.39 is 0 Å². The molecule has 124 valence electrons. The maximum Gasteiger partial charge on any atom is 0.245 e. The predicted octanol–water partition coefficient (Wildman–Crippen LogP) is 3.95. The van der Waals surface area contributed by atoms with Gasteiger partial charge in [-0.25, -0.2) is 0 Å². The van der Waals surface area contributed by atoms with Crippen molar-refractivity contribution in [3.05, 3.63) is 59.7 Å². The Kier molecular flexibility index (Phi) is 5.05. The van der Waals surface area contributed by atoms with Crippen LogP contribution < -0.4 is 10.6 Å². The summed E-state index contributed by atoms with van der Waals surface area (Å²) in [4.78, 5) is 4.48. The van der Waals surface area contributed by atoms with Crippen molar-refractivity contribution in [2.24, 2.45) is 0 Å². The van der Waals surface area contributed by atoms with E-state index in [-0.39, 0.29) is 0 Å². The second-order valence-corrected chi connectivity index (χ2v) is 5.38. The van der Waals surface area contributed by atoms with E-state index in [2.05, 4.69) is 57.9 Å². The molecule has 0 atom stereocenters. The number of hydrogen-bond donors (Lipinski definition) is 2. The molecular weight excluding hydrogens is 302 g/mol. The Morgan fingerprint density at radius 2 is 1.83 bits per heavy atom. The molecule has 0 unspecified atom stereocenters. The van der Waals surface area contributed by atoms with Crippen LogP contribution in [0.5, 0.6) is 0 Å². The van der Waals surface area contributed by atoms with Crippen LogP contribution in [-0.2, 0) is 19.4 Å². The molecule has 0 bridgehead atoms. The Morgan fingerprint density at radius 1 is 1.04 bits per heavy atom. The van der Waals surface area contributed by atoms with Crippen LogP contribution >= 0.6 is 0 Å². The molecule has 24 heavy (non-hydrogen) atoms. The number of furan rings is 1. The molecule has 2 aromatic heterocycles. The third-order valence-electron chi connectivity index (χ3n) is 3.81. The number of aromatic nitrogens is 3. The first-order chi connectivity index (χ1) is 11.8. The summed E-state index contributed by atoms with van der Waals surface area (Å²) in [6, 6.07) is 10.1. The van der Waals surface area contributed by atoms with E-state index in [1.54, 1.807) is 12.5 Å². The predicted molar refractivity (Wildman–Crippen MR) is 94.3 cm³/mol. The third kappa shape index (κ3) is 3.71. The van der Waals surface area contributed by atoms with E-state index in [1.807, 2.05) is 12.1 Å². The number of nitrogens with zero attached hydrogens (tertiary/aromatic N) is 3. The van der Waals surface area contributed by atoms with Gasteiger partial charge in [0.25, 0.3) is 0 Å². The van der Waals surface area contributed by atoms with Crippen LogP contribution in [0.1, 0.15) is 30.7 Å². The van der Waals surface area contributed by atoms with Crippen LogP contribution in [0.4, 0.5) is 17.5 Å². The summed E-state index contributed by atoms with van der Waals surface area (Å²) >= 11 is 0. The molecule has 0 spiro atoms. The van der Waals surface area contributed by atoms with Gasteiger partial charge in [-0.1, -0.05) is 32.0 Å². The molecule has 3 aromatic rings. The van der Waals surface area contributed by atoms with Gasteiger partial charge in [-0.3, -0.25) is 0 Å². The average molecular weight is 323 g/mol. The molecule has 0 fully saturated rings. The van der Waals surface area contributed by atoms with Crippen LogP contribution in [0.3, 0.4) is 0 Å². The van der Waals surface area contributed by atoms with Crippen molar-refractivity contribution in [1.29, 1.82) is 0 Å². The lowest BCUT2D eigenvalue weighted by atomic mass is 10.0. The molecule has 6 nitrogen and oxygen atoms in total. The molecule has 3 rings (SSSR count). The number of aryl methyl sites for hydroxylation is 2. The van der Waals surface area contributed by atoms with Crippen molar-refractivity contribution in [2.75, 3.05) is 10.6 Å². The minimum absolute atomic E-state index is 0.462. The van der Waals surface area contributed by atoms with Gasteiger partial charge in [0.2, 0.25) is 5.95 Å². The van der Waals surface area contributed by atoms with Gasteiger partial charge < -0.3 is 15.1 Å².